The Balaban J connectivity index is 1.36. The van der Waals surface area contributed by atoms with Crippen LogP contribution in [0.25, 0.3) is 5.69 Å². The maximum atomic E-state index is 12.6. The summed E-state index contributed by atoms with van der Waals surface area (Å²) in [7, 11) is 0. The third-order valence-electron chi connectivity index (χ3n) is 4.74. The van der Waals surface area contributed by atoms with Crippen molar-refractivity contribution in [2.75, 3.05) is 0 Å². The molecule has 7 heteroatoms. The average molecular weight is 464 g/mol. The zero-order valence-electron chi connectivity index (χ0n) is 16.9. The number of halogens is 2. The highest BCUT2D eigenvalue weighted by Gasteiger charge is 2.11. The Hall–Kier alpha value is -3.54. The van der Waals surface area contributed by atoms with E-state index >= 15 is 0 Å². The minimum Gasteiger partial charge on any atom is -0.489 e. The second-order valence-electron chi connectivity index (χ2n) is 6.86. The third-order valence-corrected chi connectivity index (χ3v) is 5.44. The molecule has 0 radical (unpaired) electrons. The monoisotopic (exact) mass is 463 g/mol. The lowest BCUT2D eigenvalue weighted by atomic mass is 10.1. The van der Waals surface area contributed by atoms with Gasteiger partial charge in [0, 0.05) is 28.0 Å². The summed E-state index contributed by atoms with van der Waals surface area (Å²) in [5, 5.41) is 5.21. The van der Waals surface area contributed by atoms with Gasteiger partial charge in [-0.15, -0.1) is 0 Å². The Morgan fingerprint density at radius 3 is 2.31 bits per heavy atom. The molecular weight excluding hydrogens is 445 g/mol. The van der Waals surface area contributed by atoms with Crippen LogP contribution < -0.4 is 10.2 Å². The van der Waals surface area contributed by atoms with Crippen molar-refractivity contribution < 1.29 is 9.53 Å². The minimum atomic E-state index is -0.290. The molecule has 5 nitrogen and oxygen atoms in total. The Morgan fingerprint density at radius 2 is 1.59 bits per heavy atom. The molecule has 0 aliphatic heterocycles. The number of nitrogens with zero attached hydrogens (tertiary/aromatic N) is 2. The van der Waals surface area contributed by atoms with Gasteiger partial charge in [0.05, 0.1) is 17.5 Å². The van der Waals surface area contributed by atoms with E-state index in [-0.39, 0.29) is 12.5 Å². The molecule has 1 aromatic heterocycles. The molecule has 0 spiro atoms. The first kappa shape index (κ1) is 21.7. The molecule has 1 amide bonds. The highest BCUT2D eigenvalue weighted by molar-refractivity contribution is 6.35. The number of hydrazone groups is 1. The van der Waals surface area contributed by atoms with Gasteiger partial charge in [-0.25, -0.2) is 5.43 Å². The Bertz CT molecular complexity index is 1220. The number of carbonyl (C=O) groups is 1. The average Bonchev–Trinajstić information content (AvgIpc) is 3.34. The van der Waals surface area contributed by atoms with E-state index in [1.165, 1.54) is 0 Å². The molecule has 32 heavy (non-hydrogen) atoms. The van der Waals surface area contributed by atoms with Crippen LogP contribution >= 0.6 is 23.2 Å². The molecule has 0 fully saturated rings. The lowest BCUT2D eigenvalue weighted by Gasteiger charge is -2.10. The lowest BCUT2D eigenvalue weighted by molar-refractivity contribution is 0.0955. The second kappa shape index (κ2) is 10.2. The second-order valence-corrected chi connectivity index (χ2v) is 7.68. The summed E-state index contributed by atoms with van der Waals surface area (Å²) in [4.78, 5) is 12.6. The first-order valence-electron chi connectivity index (χ1n) is 9.83. The van der Waals surface area contributed by atoms with Crippen LogP contribution in [0.3, 0.4) is 0 Å². The summed E-state index contributed by atoms with van der Waals surface area (Å²) in [6.07, 6.45) is 5.35. The fourth-order valence-electron chi connectivity index (χ4n) is 3.09. The molecule has 160 valence electrons. The molecule has 0 saturated carbocycles. The molecule has 0 unspecified atom stereocenters. The zero-order chi connectivity index (χ0) is 22.3. The third kappa shape index (κ3) is 5.19. The lowest BCUT2D eigenvalue weighted by Crippen LogP contribution is -2.19. The normalized spacial score (nSPS) is 10.9. The molecule has 4 rings (SSSR count). The Kier molecular flexibility index (Phi) is 6.90. The van der Waals surface area contributed by atoms with Crippen LogP contribution in [0.4, 0.5) is 0 Å². The Labute approximate surface area is 195 Å². The molecule has 1 N–H and O–H groups in total. The van der Waals surface area contributed by atoms with Gasteiger partial charge in [-0.3, -0.25) is 4.79 Å². The van der Waals surface area contributed by atoms with E-state index in [9.17, 15) is 4.79 Å². The van der Waals surface area contributed by atoms with Crippen LogP contribution in [0.5, 0.6) is 5.75 Å². The fourth-order valence-corrected chi connectivity index (χ4v) is 3.59. The number of hydrogen-bond donors (Lipinski definition) is 1. The van der Waals surface area contributed by atoms with E-state index in [0.29, 0.717) is 21.4 Å². The van der Waals surface area contributed by atoms with Crippen LogP contribution in [-0.2, 0) is 6.61 Å². The summed E-state index contributed by atoms with van der Waals surface area (Å²) in [6, 6.07) is 23.8. The Morgan fingerprint density at radius 1 is 0.906 bits per heavy atom. The van der Waals surface area contributed by atoms with Gasteiger partial charge in [-0.2, -0.15) is 5.10 Å². The molecule has 0 atom stereocenters. The van der Waals surface area contributed by atoms with Crippen molar-refractivity contribution in [2.45, 2.75) is 6.61 Å². The van der Waals surface area contributed by atoms with Gasteiger partial charge in [-0.1, -0.05) is 41.4 Å². The standard InChI is InChI=1S/C25H19Cl2N3O2/c26-22-7-5-8-23(27)21(22)17-32-19-12-10-18(11-13-19)16-28-29-25(31)20-6-1-2-9-24(20)30-14-3-4-15-30/h1-16H,17H2,(H,29,31)/b28-16+. The summed E-state index contributed by atoms with van der Waals surface area (Å²) in [5.41, 5.74) is 5.45. The highest BCUT2D eigenvalue weighted by Crippen LogP contribution is 2.26. The van der Waals surface area contributed by atoms with Gasteiger partial charge in [0.15, 0.2) is 0 Å². The maximum absolute atomic E-state index is 12.6. The van der Waals surface area contributed by atoms with E-state index in [1.807, 2.05) is 71.6 Å². The SMILES string of the molecule is O=C(N/N=C/c1ccc(OCc2c(Cl)cccc2Cl)cc1)c1ccccc1-n1cccc1. The number of ether oxygens (including phenoxy) is 1. The predicted molar refractivity (Wildman–Crippen MR) is 128 cm³/mol. The molecule has 3 aromatic carbocycles. The summed E-state index contributed by atoms with van der Waals surface area (Å²) in [5.74, 6) is 0.380. The van der Waals surface area contributed by atoms with E-state index in [0.717, 1.165) is 16.8 Å². The molecular formula is C25H19Cl2N3O2. The number of para-hydroxylation sites is 1. The van der Waals surface area contributed by atoms with Gasteiger partial charge in [0.25, 0.3) is 5.91 Å². The predicted octanol–water partition coefficient (Wildman–Crippen LogP) is 6.13. The number of nitrogens with one attached hydrogen (secondary N) is 1. The molecule has 4 aromatic rings. The van der Waals surface area contributed by atoms with Gasteiger partial charge in [-0.05, 0) is 66.2 Å². The molecule has 0 aliphatic carbocycles. The van der Waals surface area contributed by atoms with E-state index in [4.69, 9.17) is 27.9 Å². The summed E-state index contributed by atoms with van der Waals surface area (Å²) >= 11 is 12.3. The van der Waals surface area contributed by atoms with Gasteiger partial charge >= 0.3 is 0 Å². The van der Waals surface area contributed by atoms with Crippen molar-refractivity contribution in [3.05, 3.63) is 118 Å². The molecule has 0 aliphatic rings. The van der Waals surface area contributed by atoms with Crippen molar-refractivity contribution in [1.29, 1.82) is 0 Å². The van der Waals surface area contributed by atoms with E-state index in [1.54, 1.807) is 30.5 Å². The van der Waals surface area contributed by atoms with E-state index < -0.39 is 0 Å². The summed E-state index contributed by atoms with van der Waals surface area (Å²) < 4.78 is 7.65. The van der Waals surface area contributed by atoms with Crippen LogP contribution in [0.2, 0.25) is 10.0 Å². The van der Waals surface area contributed by atoms with Crippen molar-refractivity contribution in [1.82, 2.24) is 9.99 Å². The first-order chi connectivity index (χ1) is 15.6. The minimum absolute atomic E-state index is 0.267. The zero-order valence-corrected chi connectivity index (χ0v) is 18.4. The maximum Gasteiger partial charge on any atom is 0.273 e. The first-order valence-corrected chi connectivity index (χ1v) is 10.6. The van der Waals surface area contributed by atoms with Crippen LogP contribution in [0, 0.1) is 0 Å². The van der Waals surface area contributed by atoms with Crippen molar-refractivity contribution in [3.63, 3.8) is 0 Å². The quantitative estimate of drug-likeness (QED) is 0.264. The van der Waals surface area contributed by atoms with Crippen LogP contribution in [0.1, 0.15) is 21.5 Å². The van der Waals surface area contributed by atoms with Crippen molar-refractivity contribution in [3.8, 4) is 11.4 Å². The number of amides is 1. The molecule has 0 saturated heterocycles. The van der Waals surface area contributed by atoms with Crippen LogP contribution in [0.15, 0.2) is 96.4 Å². The smallest absolute Gasteiger partial charge is 0.273 e. The van der Waals surface area contributed by atoms with E-state index in [2.05, 4.69) is 10.5 Å². The fraction of sp³-hybridized carbons (Fsp3) is 0.0400. The van der Waals surface area contributed by atoms with Gasteiger partial charge in [0.2, 0.25) is 0 Å². The number of carbonyl (C=O) groups excluding carboxylic acids is 1. The van der Waals surface area contributed by atoms with Crippen molar-refractivity contribution in [2.24, 2.45) is 5.10 Å². The number of rotatable bonds is 7. The highest BCUT2D eigenvalue weighted by atomic mass is 35.5. The van der Waals surface area contributed by atoms with Gasteiger partial charge in [0.1, 0.15) is 12.4 Å². The topological polar surface area (TPSA) is 55.6 Å². The van der Waals surface area contributed by atoms with Crippen LogP contribution in [-0.4, -0.2) is 16.7 Å². The number of benzene rings is 3. The molecule has 1 heterocycles. The van der Waals surface area contributed by atoms with Gasteiger partial charge < -0.3 is 9.30 Å². The van der Waals surface area contributed by atoms with Crippen molar-refractivity contribution >= 4 is 35.3 Å². The number of aromatic nitrogens is 1. The largest absolute Gasteiger partial charge is 0.489 e. The summed E-state index contributed by atoms with van der Waals surface area (Å²) in [6.45, 7) is 0.267. The molecule has 0 bridgehead atoms. The number of hydrogen-bond acceptors (Lipinski definition) is 3.